The molecule has 0 aliphatic carbocycles. The molecule has 2 N–H and O–H groups in total. The summed E-state index contributed by atoms with van der Waals surface area (Å²) >= 11 is 0. The average Bonchev–Trinajstić information content (AvgIpc) is 3.10. The Labute approximate surface area is 151 Å². The maximum Gasteiger partial charge on any atom is 0.226 e. The average molecular weight is 345 g/mol. The van der Waals surface area contributed by atoms with Gasteiger partial charge in [0.2, 0.25) is 5.91 Å². The number of ether oxygens (including phenoxy) is 1. The third-order valence-electron chi connectivity index (χ3n) is 4.51. The Kier molecular flexibility index (Phi) is 4.27. The molecule has 1 aliphatic heterocycles. The van der Waals surface area contributed by atoms with E-state index in [0.29, 0.717) is 18.8 Å². The Hall–Kier alpha value is -3.34. The van der Waals surface area contributed by atoms with Crippen LogP contribution in [0.15, 0.2) is 67.3 Å². The lowest BCUT2D eigenvalue weighted by Crippen LogP contribution is -2.23. The summed E-state index contributed by atoms with van der Waals surface area (Å²) < 4.78 is 5.55. The van der Waals surface area contributed by atoms with Gasteiger partial charge in [-0.1, -0.05) is 55.1 Å². The number of hydrogen-bond acceptors (Lipinski definition) is 3. The van der Waals surface area contributed by atoms with Crippen molar-refractivity contribution in [3.63, 3.8) is 0 Å². The van der Waals surface area contributed by atoms with Gasteiger partial charge in [0, 0.05) is 17.9 Å². The highest BCUT2D eigenvalue weighted by molar-refractivity contribution is 5.96. The second kappa shape index (κ2) is 6.88. The van der Waals surface area contributed by atoms with E-state index in [-0.39, 0.29) is 11.8 Å². The van der Waals surface area contributed by atoms with Gasteiger partial charge in [-0.2, -0.15) is 5.10 Å². The first-order valence-corrected chi connectivity index (χ1v) is 8.53. The number of rotatable bonds is 5. The first kappa shape index (κ1) is 16.1. The second-order valence-corrected chi connectivity index (χ2v) is 6.20. The smallest absolute Gasteiger partial charge is 0.226 e. The molecule has 2 heterocycles. The predicted octanol–water partition coefficient (Wildman–Crippen LogP) is 4.12. The topological polar surface area (TPSA) is 67.0 Å². The van der Waals surface area contributed by atoms with Crippen molar-refractivity contribution in [1.29, 1.82) is 0 Å². The predicted molar refractivity (Wildman–Crippen MR) is 101 cm³/mol. The highest BCUT2D eigenvalue weighted by Gasteiger charge is 2.31. The fourth-order valence-corrected chi connectivity index (χ4v) is 3.32. The molecule has 1 amide bonds. The molecular weight excluding hydrogens is 326 g/mol. The molecule has 1 aliphatic rings. The molecule has 0 bridgehead atoms. The van der Waals surface area contributed by atoms with Gasteiger partial charge in [-0.3, -0.25) is 9.89 Å². The number of nitrogens with one attached hydrogen (secondary N) is 2. The van der Waals surface area contributed by atoms with Gasteiger partial charge < -0.3 is 10.1 Å². The molecule has 130 valence electrons. The Morgan fingerprint density at radius 1 is 1.15 bits per heavy atom. The number of hydrogen-bond donors (Lipinski definition) is 2. The maximum atomic E-state index is 12.2. The van der Waals surface area contributed by atoms with Crippen molar-refractivity contribution < 1.29 is 9.53 Å². The van der Waals surface area contributed by atoms with Crippen molar-refractivity contribution >= 4 is 11.7 Å². The first-order chi connectivity index (χ1) is 12.8. The quantitative estimate of drug-likeness (QED) is 0.684. The highest BCUT2D eigenvalue weighted by Crippen LogP contribution is 2.41. The van der Waals surface area contributed by atoms with Gasteiger partial charge >= 0.3 is 0 Å². The van der Waals surface area contributed by atoms with Crippen molar-refractivity contribution in [2.24, 2.45) is 0 Å². The number of fused-ring (bicyclic) bond motifs is 1. The summed E-state index contributed by atoms with van der Waals surface area (Å²) in [5.41, 5.74) is 4.08. The lowest BCUT2D eigenvalue weighted by Gasteiger charge is -2.23. The van der Waals surface area contributed by atoms with Crippen LogP contribution >= 0.6 is 0 Å². The number of anilines is 1. The lowest BCUT2D eigenvalue weighted by atomic mass is 9.84. The van der Waals surface area contributed by atoms with Gasteiger partial charge in [0.25, 0.3) is 0 Å². The standard InChI is InChI=1S/C21H19N3O2/c1-2-12-26-16-10-8-14(9-11-16)17-13-18(25)22-21-19(17)20(23-24-21)15-6-4-3-5-7-15/h2-11,17H,1,12-13H2,(H2,22,23,24,25)/t17-/m0/s1. The zero-order valence-corrected chi connectivity index (χ0v) is 14.2. The van der Waals surface area contributed by atoms with Gasteiger partial charge in [-0.05, 0) is 23.3 Å². The SMILES string of the molecule is C=CCOc1ccc([C@@H]2CC(=O)Nc3n[nH]c(-c4ccccc4)c32)cc1. The summed E-state index contributed by atoms with van der Waals surface area (Å²) in [4.78, 5) is 12.2. The van der Waals surface area contributed by atoms with Crippen LogP contribution in [0.4, 0.5) is 5.82 Å². The normalized spacial score (nSPS) is 15.8. The van der Waals surface area contributed by atoms with Crippen LogP contribution in [0.2, 0.25) is 0 Å². The Bertz CT molecular complexity index is 930. The molecule has 3 aromatic rings. The van der Waals surface area contributed by atoms with E-state index in [1.807, 2.05) is 54.6 Å². The minimum Gasteiger partial charge on any atom is -0.490 e. The summed E-state index contributed by atoms with van der Waals surface area (Å²) in [7, 11) is 0. The van der Waals surface area contributed by atoms with Crippen molar-refractivity contribution in [2.45, 2.75) is 12.3 Å². The van der Waals surface area contributed by atoms with Crippen LogP contribution in [0.1, 0.15) is 23.5 Å². The second-order valence-electron chi connectivity index (χ2n) is 6.20. The molecular formula is C21H19N3O2. The minimum absolute atomic E-state index is 0.0272. The minimum atomic E-state index is -0.0545. The van der Waals surface area contributed by atoms with Crippen molar-refractivity contribution in [2.75, 3.05) is 11.9 Å². The van der Waals surface area contributed by atoms with Crippen LogP contribution in [0, 0.1) is 0 Å². The van der Waals surface area contributed by atoms with Crippen LogP contribution in [-0.2, 0) is 4.79 Å². The van der Waals surface area contributed by atoms with E-state index in [0.717, 1.165) is 28.1 Å². The monoisotopic (exact) mass is 345 g/mol. The molecule has 4 rings (SSSR count). The third-order valence-corrected chi connectivity index (χ3v) is 4.51. The van der Waals surface area contributed by atoms with Crippen LogP contribution in [0.3, 0.4) is 0 Å². The number of amides is 1. The molecule has 0 saturated heterocycles. The number of H-pyrrole nitrogens is 1. The molecule has 26 heavy (non-hydrogen) atoms. The number of nitrogens with zero attached hydrogens (tertiary/aromatic N) is 1. The van der Waals surface area contributed by atoms with Crippen LogP contribution in [0.5, 0.6) is 5.75 Å². The van der Waals surface area contributed by atoms with Gasteiger partial charge in [-0.25, -0.2) is 0 Å². The van der Waals surface area contributed by atoms with Crippen molar-refractivity contribution in [3.8, 4) is 17.0 Å². The summed E-state index contributed by atoms with van der Waals surface area (Å²) in [5.74, 6) is 1.31. The number of aromatic amines is 1. The highest BCUT2D eigenvalue weighted by atomic mass is 16.5. The Morgan fingerprint density at radius 2 is 1.92 bits per heavy atom. The summed E-state index contributed by atoms with van der Waals surface area (Å²) in [6.07, 6.45) is 2.10. The molecule has 0 saturated carbocycles. The van der Waals surface area contributed by atoms with Gasteiger partial charge in [-0.15, -0.1) is 0 Å². The van der Waals surface area contributed by atoms with E-state index in [2.05, 4.69) is 22.1 Å². The number of aromatic nitrogens is 2. The summed E-state index contributed by atoms with van der Waals surface area (Å²) in [6, 6.07) is 17.9. The van der Waals surface area contributed by atoms with Crippen molar-refractivity contribution in [1.82, 2.24) is 10.2 Å². The van der Waals surface area contributed by atoms with E-state index in [4.69, 9.17) is 4.74 Å². The largest absolute Gasteiger partial charge is 0.490 e. The van der Waals surface area contributed by atoms with E-state index in [9.17, 15) is 4.79 Å². The molecule has 1 aromatic heterocycles. The van der Waals surface area contributed by atoms with Gasteiger partial charge in [0.05, 0.1) is 5.69 Å². The Morgan fingerprint density at radius 3 is 2.65 bits per heavy atom. The van der Waals surface area contributed by atoms with E-state index < -0.39 is 0 Å². The number of benzene rings is 2. The molecule has 5 nitrogen and oxygen atoms in total. The van der Waals surface area contributed by atoms with Gasteiger partial charge in [0.1, 0.15) is 12.4 Å². The third kappa shape index (κ3) is 2.99. The molecule has 0 fully saturated rings. The number of carbonyl (C=O) groups excluding carboxylic acids is 1. The van der Waals surface area contributed by atoms with Crippen molar-refractivity contribution in [3.05, 3.63) is 78.4 Å². The molecule has 0 spiro atoms. The van der Waals surface area contributed by atoms with Crippen LogP contribution in [0.25, 0.3) is 11.3 Å². The molecule has 5 heteroatoms. The molecule has 1 atom stereocenters. The first-order valence-electron chi connectivity index (χ1n) is 8.53. The maximum absolute atomic E-state index is 12.2. The van der Waals surface area contributed by atoms with Crippen LogP contribution < -0.4 is 10.1 Å². The zero-order chi connectivity index (χ0) is 17.9. The fraction of sp³-hybridized carbons (Fsp3) is 0.143. The van der Waals surface area contributed by atoms with E-state index in [1.54, 1.807) is 6.08 Å². The molecule has 2 aromatic carbocycles. The van der Waals surface area contributed by atoms with Gasteiger partial charge in [0.15, 0.2) is 5.82 Å². The summed E-state index contributed by atoms with van der Waals surface area (Å²) in [6.45, 7) is 4.12. The summed E-state index contributed by atoms with van der Waals surface area (Å²) in [5, 5.41) is 10.3. The number of carbonyl (C=O) groups is 1. The molecule has 0 unspecified atom stereocenters. The fourth-order valence-electron chi connectivity index (χ4n) is 3.32. The van der Waals surface area contributed by atoms with E-state index in [1.165, 1.54) is 0 Å². The van der Waals surface area contributed by atoms with Crippen LogP contribution in [-0.4, -0.2) is 22.7 Å². The Balaban J connectivity index is 1.73. The zero-order valence-electron chi connectivity index (χ0n) is 14.2. The lowest BCUT2D eigenvalue weighted by molar-refractivity contribution is -0.116. The molecule has 0 radical (unpaired) electrons. The van der Waals surface area contributed by atoms with E-state index >= 15 is 0 Å².